The molecule has 38 heavy (non-hydrogen) atoms. The standard InChI is InChI=1S/C23H20F4N2O8S/c1-4-22(24,25)23(26,27)38(35,36)37-29-19(32)14-8-6-12(10-16(14)20(29)33)21(2,3)11-5-7-13-15(9-11)18(31)28(34)17(13)30/h5-10,19,32,34H,4H2,1-3H3. The molecule has 0 spiro atoms. The highest BCUT2D eigenvalue weighted by molar-refractivity contribution is 7.87. The molecule has 0 aromatic heterocycles. The van der Waals surface area contributed by atoms with Crippen molar-refractivity contribution in [3.8, 4) is 0 Å². The van der Waals surface area contributed by atoms with Gasteiger partial charge in [-0.1, -0.05) is 39.0 Å². The summed E-state index contributed by atoms with van der Waals surface area (Å²) in [7, 11) is -6.42. The first-order chi connectivity index (χ1) is 17.4. The molecule has 15 heteroatoms. The summed E-state index contributed by atoms with van der Waals surface area (Å²) in [6, 6.07) is 8.04. The van der Waals surface area contributed by atoms with E-state index >= 15 is 0 Å². The van der Waals surface area contributed by atoms with Crippen LogP contribution in [0.3, 0.4) is 0 Å². The van der Waals surface area contributed by atoms with E-state index in [1.807, 2.05) is 0 Å². The minimum Gasteiger partial charge on any atom is -0.367 e. The Bertz CT molecular complexity index is 1490. The molecule has 204 valence electrons. The number of hydrogen-bond donors (Lipinski definition) is 2. The van der Waals surface area contributed by atoms with Gasteiger partial charge in [0.05, 0.1) is 11.1 Å². The summed E-state index contributed by atoms with van der Waals surface area (Å²) in [5, 5.41) is 13.9. The monoisotopic (exact) mass is 560 g/mol. The number of amides is 3. The van der Waals surface area contributed by atoms with Crippen LogP contribution in [-0.4, -0.2) is 57.8 Å². The molecule has 1 unspecified atom stereocenters. The van der Waals surface area contributed by atoms with Crippen molar-refractivity contribution in [3.63, 3.8) is 0 Å². The molecule has 0 radical (unpaired) electrons. The molecule has 2 aliphatic heterocycles. The predicted molar refractivity (Wildman–Crippen MR) is 119 cm³/mol. The van der Waals surface area contributed by atoms with Crippen LogP contribution in [-0.2, 0) is 19.8 Å². The Labute approximate surface area is 213 Å². The number of alkyl halides is 4. The molecule has 3 amide bonds. The van der Waals surface area contributed by atoms with Gasteiger partial charge in [-0.3, -0.25) is 19.6 Å². The van der Waals surface area contributed by atoms with Crippen molar-refractivity contribution in [2.75, 3.05) is 0 Å². The van der Waals surface area contributed by atoms with E-state index in [9.17, 15) is 50.7 Å². The van der Waals surface area contributed by atoms with Crippen LogP contribution in [0.4, 0.5) is 17.6 Å². The Kier molecular flexibility index (Phi) is 6.22. The van der Waals surface area contributed by atoms with E-state index in [0.29, 0.717) is 18.1 Å². The molecule has 2 aliphatic rings. The van der Waals surface area contributed by atoms with E-state index < -0.39 is 57.1 Å². The van der Waals surface area contributed by atoms with Gasteiger partial charge in [-0.2, -0.15) is 31.0 Å². The smallest absolute Gasteiger partial charge is 0.367 e. The summed E-state index contributed by atoms with van der Waals surface area (Å²) in [5.41, 5.74) is -0.858. The van der Waals surface area contributed by atoms with Gasteiger partial charge < -0.3 is 5.11 Å². The zero-order chi connectivity index (χ0) is 28.6. The third kappa shape index (κ3) is 3.80. The van der Waals surface area contributed by atoms with Crippen LogP contribution in [0.25, 0.3) is 0 Å². The average molecular weight is 560 g/mol. The van der Waals surface area contributed by atoms with Gasteiger partial charge in [-0.05, 0) is 29.3 Å². The Hall–Kier alpha value is -3.40. The maximum Gasteiger partial charge on any atom is 0.433 e. The lowest BCUT2D eigenvalue weighted by atomic mass is 9.76. The molecule has 0 saturated carbocycles. The second-order valence-electron chi connectivity index (χ2n) is 9.22. The number of hydrogen-bond acceptors (Lipinski definition) is 8. The van der Waals surface area contributed by atoms with Crippen molar-refractivity contribution in [3.05, 3.63) is 69.8 Å². The van der Waals surface area contributed by atoms with Gasteiger partial charge in [-0.25, -0.2) is 0 Å². The fourth-order valence-corrected chi connectivity index (χ4v) is 5.08. The minimum atomic E-state index is -6.42. The van der Waals surface area contributed by atoms with Gasteiger partial charge >= 0.3 is 21.3 Å². The van der Waals surface area contributed by atoms with E-state index in [2.05, 4.69) is 4.28 Å². The molecule has 10 nitrogen and oxygen atoms in total. The van der Waals surface area contributed by atoms with Crippen LogP contribution in [0.15, 0.2) is 36.4 Å². The fourth-order valence-electron chi connectivity index (χ4n) is 4.11. The number of imide groups is 1. The van der Waals surface area contributed by atoms with Gasteiger partial charge in [0.25, 0.3) is 17.7 Å². The second-order valence-corrected chi connectivity index (χ2v) is 10.8. The number of fused-ring (bicyclic) bond motifs is 2. The van der Waals surface area contributed by atoms with E-state index in [-0.39, 0.29) is 32.4 Å². The lowest BCUT2D eigenvalue weighted by molar-refractivity contribution is -0.179. The molecule has 0 fully saturated rings. The number of benzene rings is 2. The molecular formula is C23H20F4N2O8S. The molecule has 1 atom stereocenters. The van der Waals surface area contributed by atoms with Crippen molar-refractivity contribution in [2.24, 2.45) is 0 Å². The number of aliphatic hydroxyl groups is 1. The van der Waals surface area contributed by atoms with Crippen LogP contribution < -0.4 is 0 Å². The highest BCUT2D eigenvalue weighted by Gasteiger charge is 2.67. The van der Waals surface area contributed by atoms with E-state index in [0.717, 1.165) is 0 Å². The van der Waals surface area contributed by atoms with Crippen molar-refractivity contribution in [1.29, 1.82) is 0 Å². The summed E-state index contributed by atoms with van der Waals surface area (Å²) in [6.07, 6.45) is -3.74. The molecule has 4 rings (SSSR count). The van der Waals surface area contributed by atoms with Crippen LogP contribution in [0.5, 0.6) is 0 Å². The largest absolute Gasteiger partial charge is 0.433 e. The van der Waals surface area contributed by atoms with Crippen molar-refractivity contribution in [1.82, 2.24) is 10.1 Å². The maximum absolute atomic E-state index is 14.0. The number of hydroxylamine groups is 4. The van der Waals surface area contributed by atoms with Crippen LogP contribution in [0.2, 0.25) is 0 Å². The lowest BCUT2D eigenvalue weighted by Crippen LogP contribution is -2.49. The Morgan fingerprint density at radius 2 is 1.42 bits per heavy atom. The molecule has 0 aliphatic carbocycles. The van der Waals surface area contributed by atoms with Gasteiger partial charge in [0.2, 0.25) is 0 Å². The number of carbonyl (C=O) groups excluding carboxylic acids is 3. The molecule has 0 bridgehead atoms. The first-order valence-electron chi connectivity index (χ1n) is 11.0. The Morgan fingerprint density at radius 3 is 2.00 bits per heavy atom. The summed E-state index contributed by atoms with van der Waals surface area (Å²) in [4.78, 5) is 37.0. The molecule has 2 heterocycles. The highest BCUT2D eigenvalue weighted by Crippen LogP contribution is 2.44. The van der Waals surface area contributed by atoms with E-state index in [1.165, 1.54) is 36.4 Å². The summed E-state index contributed by atoms with van der Waals surface area (Å²) >= 11 is 0. The average Bonchev–Trinajstić information content (AvgIpc) is 3.23. The predicted octanol–water partition coefficient (Wildman–Crippen LogP) is 3.34. The number of carbonyl (C=O) groups is 3. The van der Waals surface area contributed by atoms with Gasteiger partial charge in [0, 0.05) is 23.0 Å². The molecule has 2 N–H and O–H groups in total. The normalized spacial score (nSPS) is 18.3. The zero-order valence-electron chi connectivity index (χ0n) is 19.9. The summed E-state index contributed by atoms with van der Waals surface area (Å²) in [5.74, 6) is -8.23. The molecule has 2 aromatic carbocycles. The molecule has 0 saturated heterocycles. The minimum absolute atomic E-state index is 0.0243. The van der Waals surface area contributed by atoms with Gasteiger partial charge in [0.1, 0.15) is 0 Å². The SMILES string of the molecule is CCC(F)(F)C(F)(F)S(=O)(=O)ON1C(=O)c2cc(C(C)(C)c3ccc4c(c3)C(=O)N(O)C4=O)ccc2C1O. The quantitative estimate of drug-likeness (QED) is 0.298. The number of halogens is 4. The molecule has 2 aromatic rings. The number of rotatable bonds is 7. The second kappa shape index (κ2) is 8.56. The Morgan fingerprint density at radius 1 is 0.895 bits per heavy atom. The Balaban J connectivity index is 1.67. The topological polar surface area (TPSA) is 142 Å². The first kappa shape index (κ1) is 27.6. The third-order valence-corrected chi connectivity index (χ3v) is 7.94. The molecular weight excluding hydrogens is 540 g/mol. The zero-order valence-corrected chi connectivity index (χ0v) is 20.7. The third-order valence-electron chi connectivity index (χ3n) is 6.65. The summed E-state index contributed by atoms with van der Waals surface area (Å²) in [6.45, 7) is 3.96. The van der Waals surface area contributed by atoms with E-state index in [4.69, 9.17) is 0 Å². The van der Waals surface area contributed by atoms with Gasteiger partial charge in [0.15, 0.2) is 6.23 Å². The van der Waals surface area contributed by atoms with E-state index in [1.54, 1.807) is 13.8 Å². The van der Waals surface area contributed by atoms with Crippen LogP contribution >= 0.6 is 0 Å². The fraction of sp³-hybridized carbons (Fsp3) is 0.348. The number of nitrogens with zero attached hydrogens (tertiary/aromatic N) is 2. The lowest BCUT2D eigenvalue weighted by Gasteiger charge is -2.27. The van der Waals surface area contributed by atoms with Crippen molar-refractivity contribution in [2.45, 2.75) is 50.0 Å². The maximum atomic E-state index is 14.0. The van der Waals surface area contributed by atoms with Gasteiger partial charge in [-0.15, -0.1) is 9.35 Å². The van der Waals surface area contributed by atoms with Crippen LogP contribution in [0.1, 0.15) is 81.2 Å². The first-order valence-corrected chi connectivity index (χ1v) is 12.4. The number of aliphatic hydroxyl groups excluding tert-OH is 1. The van der Waals surface area contributed by atoms with Crippen molar-refractivity contribution < 1.29 is 55.0 Å². The van der Waals surface area contributed by atoms with Crippen molar-refractivity contribution >= 4 is 27.8 Å². The van der Waals surface area contributed by atoms with Crippen LogP contribution in [0, 0.1) is 0 Å². The highest BCUT2D eigenvalue weighted by atomic mass is 32.2. The summed E-state index contributed by atoms with van der Waals surface area (Å²) < 4.78 is 83.4.